The lowest BCUT2D eigenvalue weighted by Gasteiger charge is -2.34. The lowest BCUT2D eigenvalue weighted by molar-refractivity contribution is -0.135. The van der Waals surface area contributed by atoms with Crippen LogP contribution in [0.15, 0.2) is 60.7 Å². The van der Waals surface area contributed by atoms with Gasteiger partial charge in [-0.1, -0.05) is 73.5 Å². The molecule has 2 aromatic rings. The number of nitrogens with one attached hydrogen (secondary N) is 1. The van der Waals surface area contributed by atoms with Crippen LogP contribution in [0.5, 0.6) is 0 Å². The third kappa shape index (κ3) is 4.75. The van der Waals surface area contributed by atoms with E-state index in [2.05, 4.69) is 29.6 Å². The van der Waals surface area contributed by atoms with Crippen molar-refractivity contribution in [1.29, 1.82) is 0 Å². The number of carbonyl (C=O) groups is 2. The highest BCUT2D eigenvalue weighted by atomic mass is 16.2. The number of amides is 2. The van der Waals surface area contributed by atoms with Crippen molar-refractivity contribution in [2.75, 3.05) is 19.6 Å². The Morgan fingerprint density at radius 2 is 1.60 bits per heavy atom. The Labute approximate surface area is 179 Å². The predicted molar refractivity (Wildman–Crippen MR) is 119 cm³/mol. The van der Waals surface area contributed by atoms with Crippen molar-refractivity contribution in [3.63, 3.8) is 0 Å². The predicted octanol–water partition coefficient (Wildman–Crippen LogP) is 4.10. The Morgan fingerprint density at radius 3 is 2.30 bits per heavy atom. The molecule has 30 heavy (non-hydrogen) atoms. The largest absolute Gasteiger partial charge is 0.355 e. The quantitative estimate of drug-likeness (QED) is 0.788. The molecular weight excluding hydrogens is 372 g/mol. The summed E-state index contributed by atoms with van der Waals surface area (Å²) in [6, 6.07) is 20.5. The first-order valence-corrected chi connectivity index (χ1v) is 11.3. The van der Waals surface area contributed by atoms with Gasteiger partial charge in [0.15, 0.2) is 0 Å². The molecule has 1 N–H and O–H groups in total. The smallest absolute Gasteiger partial charge is 0.227 e. The van der Waals surface area contributed by atoms with Gasteiger partial charge in [-0.3, -0.25) is 9.59 Å². The number of hydrogen-bond acceptors (Lipinski definition) is 2. The zero-order chi connectivity index (χ0) is 20.8. The lowest BCUT2D eigenvalue weighted by Crippen LogP contribution is -2.48. The fraction of sp³-hybridized carbons (Fsp3) is 0.462. The molecular formula is C26H32N2O2. The number of carbonyl (C=O) groups excluding carboxylic acids is 2. The van der Waals surface area contributed by atoms with Gasteiger partial charge >= 0.3 is 0 Å². The van der Waals surface area contributed by atoms with E-state index in [1.807, 2.05) is 41.3 Å². The fourth-order valence-corrected chi connectivity index (χ4v) is 5.11. The second kappa shape index (κ2) is 9.46. The highest BCUT2D eigenvalue weighted by Gasteiger charge is 2.37. The number of nitrogens with zero attached hydrogens (tertiary/aromatic N) is 1. The molecule has 0 aromatic heterocycles. The first-order valence-electron chi connectivity index (χ1n) is 11.3. The van der Waals surface area contributed by atoms with Gasteiger partial charge in [0.2, 0.25) is 11.8 Å². The summed E-state index contributed by atoms with van der Waals surface area (Å²) < 4.78 is 0. The molecule has 2 fully saturated rings. The summed E-state index contributed by atoms with van der Waals surface area (Å²) in [5.74, 6) is 0.123. The maximum absolute atomic E-state index is 13.0. The molecule has 0 bridgehead atoms. The van der Waals surface area contributed by atoms with E-state index in [0.717, 1.165) is 37.8 Å². The molecule has 4 heteroatoms. The van der Waals surface area contributed by atoms with Crippen LogP contribution in [0.1, 0.15) is 49.7 Å². The second-order valence-corrected chi connectivity index (χ2v) is 8.91. The number of rotatable bonds is 6. The average molecular weight is 405 g/mol. The maximum Gasteiger partial charge on any atom is 0.227 e. The van der Waals surface area contributed by atoms with E-state index in [1.165, 1.54) is 18.4 Å². The highest BCUT2D eigenvalue weighted by molar-refractivity contribution is 5.82. The average Bonchev–Trinajstić information content (AvgIpc) is 3.29. The summed E-state index contributed by atoms with van der Waals surface area (Å²) in [7, 11) is 0. The molecule has 0 radical (unpaired) electrons. The molecule has 158 valence electrons. The standard InChI is InChI=1S/C26H32N2O2/c29-24(18-21-10-3-1-4-11-21)28-17-9-12-22(19-28)25(30)27-20-26(15-7-8-16-26)23-13-5-2-6-14-23/h1-6,10-11,13-14,22H,7-9,12,15-20H2,(H,27,30). The van der Waals surface area contributed by atoms with Crippen molar-refractivity contribution in [1.82, 2.24) is 10.2 Å². The van der Waals surface area contributed by atoms with Crippen LogP contribution in [0.3, 0.4) is 0 Å². The summed E-state index contributed by atoms with van der Waals surface area (Å²) in [6.45, 7) is 1.99. The number of piperidine rings is 1. The molecule has 1 aliphatic heterocycles. The summed E-state index contributed by atoms with van der Waals surface area (Å²) in [6.07, 6.45) is 6.85. The van der Waals surface area contributed by atoms with Gasteiger partial charge in [-0.15, -0.1) is 0 Å². The molecule has 4 nitrogen and oxygen atoms in total. The van der Waals surface area contributed by atoms with Gasteiger partial charge in [0.1, 0.15) is 0 Å². The Hall–Kier alpha value is -2.62. The number of likely N-dealkylation sites (tertiary alicyclic amines) is 1. The van der Waals surface area contributed by atoms with Crippen molar-refractivity contribution >= 4 is 11.8 Å². The van der Waals surface area contributed by atoms with Gasteiger partial charge in [0.25, 0.3) is 0 Å². The van der Waals surface area contributed by atoms with Crippen LogP contribution in [0.4, 0.5) is 0 Å². The van der Waals surface area contributed by atoms with Crippen LogP contribution in [0, 0.1) is 5.92 Å². The van der Waals surface area contributed by atoms with E-state index in [0.29, 0.717) is 19.5 Å². The Kier molecular flexibility index (Phi) is 6.51. The minimum atomic E-state index is -0.104. The third-order valence-corrected chi connectivity index (χ3v) is 6.89. The van der Waals surface area contributed by atoms with Crippen molar-refractivity contribution in [3.8, 4) is 0 Å². The fourth-order valence-electron chi connectivity index (χ4n) is 5.11. The molecule has 1 atom stereocenters. The lowest BCUT2D eigenvalue weighted by atomic mass is 9.78. The topological polar surface area (TPSA) is 49.4 Å². The van der Waals surface area contributed by atoms with Crippen LogP contribution >= 0.6 is 0 Å². The molecule has 1 aliphatic carbocycles. The summed E-state index contributed by atoms with van der Waals surface area (Å²) >= 11 is 0. The van der Waals surface area contributed by atoms with E-state index in [9.17, 15) is 9.59 Å². The van der Waals surface area contributed by atoms with Crippen LogP contribution in [-0.2, 0) is 21.4 Å². The number of hydrogen-bond donors (Lipinski definition) is 1. The minimum absolute atomic E-state index is 0.0639. The van der Waals surface area contributed by atoms with E-state index >= 15 is 0 Å². The van der Waals surface area contributed by atoms with Gasteiger partial charge in [-0.2, -0.15) is 0 Å². The second-order valence-electron chi connectivity index (χ2n) is 8.91. The molecule has 1 heterocycles. The Morgan fingerprint density at radius 1 is 0.933 bits per heavy atom. The number of benzene rings is 2. The van der Waals surface area contributed by atoms with Crippen LogP contribution in [-0.4, -0.2) is 36.3 Å². The summed E-state index contributed by atoms with van der Waals surface area (Å²) in [5.41, 5.74) is 2.43. The van der Waals surface area contributed by atoms with E-state index in [4.69, 9.17) is 0 Å². The molecule has 1 saturated heterocycles. The maximum atomic E-state index is 13.0. The van der Waals surface area contributed by atoms with Crippen molar-refractivity contribution in [2.45, 2.75) is 50.4 Å². The van der Waals surface area contributed by atoms with Gasteiger partial charge in [0, 0.05) is 25.0 Å². The van der Waals surface area contributed by atoms with Gasteiger partial charge in [-0.25, -0.2) is 0 Å². The molecule has 0 spiro atoms. The summed E-state index contributed by atoms with van der Waals surface area (Å²) in [5, 5.41) is 3.27. The van der Waals surface area contributed by atoms with Gasteiger partial charge < -0.3 is 10.2 Å². The monoisotopic (exact) mass is 404 g/mol. The zero-order valence-electron chi connectivity index (χ0n) is 17.7. The first-order chi connectivity index (χ1) is 14.7. The van der Waals surface area contributed by atoms with Gasteiger partial charge in [-0.05, 0) is 36.8 Å². The van der Waals surface area contributed by atoms with E-state index in [1.54, 1.807) is 0 Å². The molecule has 2 aromatic carbocycles. The highest BCUT2D eigenvalue weighted by Crippen LogP contribution is 2.40. The molecule has 2 aliphatic rings. The van der Waals surface area contributed by atoms with E-state index < -0.39 is 0 Å². The zero-order valence-corrected chi connectivity index (χ0v) is 17.7. The SMILES string of the molecule is O=C(NCC1(c2ccccc2)CCCC1)C1CCCN(C(=O)Cc2ccccc2)C1. The Balaban J connectivity index is 1.34. The third-order valence-electron chi connectivity index (χ3n) is 6.89. The van der Waals surface area contributed by atoms with Crippen molar-refractivity contribution in [3.05, 3.63) is 71.8 Å². The Bertz CT molecular complexity index is 844. The summed E-state index contributed by atoms with van der Waals surface area (Å²) in [4.78, 5) is 27.6. The molecule has 1 unspecified atom stereocenters. The first kappa shape index (κ1) is 20.6. The molecule has 4 rings (SSSR count). The minimum Gasteiger partial charge on any atom is -0.355 e. The van der Waals surface area contributed by atoms with Crippen LogP contribution in [0.2, 0.25) is 0 Å². The van der Waals surface area contributed by atoms with Crippen LogP contribution < -0.4 is 5.32 Å². The van der Waals surface area contributed by atoms with Gasteiger partial charge in [0.05, 0.1) is 12.3 Å². The molecule has 1 saturated carbocycles. The van der Waals surface area contributed by atoms with Crippen LogP contribution in [0.25, 0.3) is 0 Å². The normalized spacial score (nSPS) is 20.7. The van der Waals surface area contributed by atoms with E-state index in [-0.39, 0.29) is 23.1 Å². The van der Waals surface area contributed by atoms with Crippen molar-refractivity contribution < 1.29 is 9.59 Å². The molecule has 2 amide bonds. The van der Waals surface area contributed by atoms with Crippen molar-refractivity contribution in [2.24, 2.45) is 5.92 Å².